The summed E-state index contributed by atoms with van der Waals surface area (Å²) in [4.78, 5) is 27.3. The summed E-state index contributed by atoms with van der Waals surface area (Å²) in [5.41, 5.74) is 1.47. The first-order chi connectivity index (χ1) is 16.2. The zero-order chi connectivity index (χ0) is 25.1. The maximum absolute atomic E-state index is 13.0. The number of nitrogens with one attached hydrogen (secondary N) is 2. The molecule has 0 saturated heterocycles. The van der Waals surface area contributed by atoms with E-state index in [2.05, 4.69) is 45.3 Å². The first kappa shape index (κ1) is 27.2. The second-order valence-electron chi connectivity index (χ2n) is 9.54. The molecule has 1 aromatic heterocycles. The van der Waals surface area contributed by atoms with E-state index in [0.717, 1.165) is 49.2 Å². The topological polar surface area (TPSA) is 88.5 Å². The Morgan fingerprint density at radius 2 is 1.74 bits per heavy atom. The van der Waals surface area contributed by atoms with Gasteiger partial charge in [-0.25, -0.2) is 9.48 Å². The average molecular weight is 472 g/mol. The van der Waals surface area contributed by atoms with Crippen LogP contribution in [-0.4, -0.2) is 53.4 Å². The molecule has 34 heavy (non-hydrogen) atoms. The first-order valence-electron chi connectivity index (χ1n) is 12.3. The third-order valence-corrected chi connectivity index (χ3v) is 5.52. The number of ether oxygens (including phenoxy) is 1. The molecular weight excluding hydrogens is 430 g/mol. The van der Waals surface area contributed by atoms with Gasteiger partial charge in [0.25, 0.3) is 0 Å². The van der Waals surface area contributed by atoms with E-state index in [4.69, 9.17) is 9.84 Å². The third kappa shape index (κ3) is 8.08. The van der Waals surface area contributed by atoms with Gasteiger partial charge in [-0.05, 0) is 37.1 Å². The summed E-state index contributed by atoms with van der Waals surface area (Å²) in [5.74, 6) is 1.06. The largest absolute Gasteiger partial charge is 0.497 e. The normalized spacial score (nSPS) is 11.2. The molecule has 2 rings (SSSR count). The molecule has 1 heterocycles. The van der Waals surface area contributed by atoms with Gasteiger partial charge in [0.2, 0.25) is 5.91 Å². The zero-order valence-corrected chi connectivity index (χ0v) is 21.6. The van der Waals surface area contributed by atoms with Gasteiger partial charge in [-0.3, -0.25) is 4.79 Å². The lowest BCUT2D eigenvalue weighted by molar-refractivity contribution is -0.116. The van der Waals surface area contributed by atoms with Crippen molar-refractivity contribution < 1.29 is 14.3 Å². The lowest BCUT2D eigenvalue weighted by atomic mass is 9.92. The van der Waals surface area contributed by atoms with Crippen molar-refractivity contribution in [1.29, 1.82) is 0 Å². The van der Waals surface area contributed by atoms with Crippen LogP contribution in [0.2, 0.25) is 0 Å². The molecule has 0 aliphatic rings. The number of rotatable bonds is 12. The van der Waals surface area contributed by atoms with E-state index in [9.17, 15) is 9.59 Å². The predicted octanol–water partition coefficient (Wildman–Crippen LogP) is 5.12. The number of benzene rings is 1. The Kier molecular flexibility index (Phi) is 10.4. The van der Waals surface area contributed by atoms with Crippen LogP contribution in [0.4, 0.5) is 10.6 Å². The minimum absolute atomic E-state index is 0.0136. The number of unbranched alkanes of at least 4 members (excludes halogenated alkanes) is 3. The van der Waals surface area contributed by atoms with Gasteiger partial charge in [-0.2, -0.15) is 5.10 Å². The van der Waals surface area contributed by atoms with Gasteiger partial charge >= 0.3 is 6.03 Å². The van der Waals surface area contributed by atoms with E-state index < -0.39 is 0 Å². The summed E-state index contributed by atoms with van der Waals surface area (Å²) in [6.07, 6.45) is 4.84. The highest BCUT2D eigenvalue weighted by Gasteiger charge is 2.23. The predicted molar refractivity (Wildman–Crippen MR) is 137 cm³/mol. The molecule has 2 N–H and O–H groups in total. The van der Waals surface area contributed by atoms with Gasteiger partial charge < -0.3 is 20.3 Å². The van der Waals surface area contributed by atoms with E-state index in [1.54, 1.807) is 16.7 Å². The summed E-state index contributed by atoms with van der Waals surface area (Å²) < 4.78 is 6.98. The van der Waals surface area contributed by atoms with Crippen LogP contribution in [0.3, 0.4) is 0 Å². The number of aromatic nitrogens is 2. The number of amides is 3. The van der Waals surface area contributed by atoms with E-state index in [1.165, 1.54) is 0 Å². The van der Waals surface area contributed by atoms with E-state index in [0.29, 0.717) is 18.9 Å². The Balaban J connectivity index is 2.22. The van der Waals surface area contributed by atoms with Crippen LogP contribution < -0.4 is 15.4 Å². The maximum atomic E-state index is 13.0. The van der Waals surface area contributed by atoms with E-state index in [-0.39, 0.29) is 23.9 Å². The van der Waals surface area contributed by atoms with Crippen molar-refractivity contribution in [3.8, 4) is 11.4 Å². The molecule has 0 unspecified atom stereocenters. The molecule has 0 radical (unpaired) electrons. The van der Waals surface area contributed by atoms with Crippen LogP contribution in [0.1, 0.15) is 72.4 Å². The Labute approximate surface area is 204 Å². The summed E-state index contributed by atoms with van der Waals surface area (Å²) in [6.45, 7) is 11.6. The zero-order valence-electron chi connectivity index (χ0n) is 21.6. The van der Waals surface area contributed by atoms with Gasteiger partial charge in [-0.15, -0.1) is 0 Å². The van der Waals surface area contributed by atoms with Crippen LogP contribution >= 0.6 is 0 Å². The molecule has 188 valence electrons. The molecule has 0 fully saturated rings. The minimum Gasteiger partial charge on any atom is -0.497 e. The molecular formula is C26H41N5O3. The molecule has 3 amide bonds. The summed E-state index contributed by atoms with van der Waals surface area (Å²) in [5, 5.41) is 10.7. The standard InChI is InChI=1S/C26H41N5O3/c1-7-9-11-17-30(25(33)27-16-10-8-2)19-24(32)28-23-18-22(26(3,4)5)29-31(23)20-12-14-21(34-6)15-13-20/h12-15,18H,7-11,16-17,19H2,1-6H3,(H,27,33)(H,28,32). The lowest BCUT2D eigenvalue weighted by Crippen LogP contribution is -2.44. The van der Waals surface area contributed by atoms with Crippen LogP contribution in [-0.2, 0) is 10.2 Å². The highest BCUT2D eigenvalue weighted by molar-refractivity contribution is 5.94. The van der Waals surface area contributed by atoms with Gasteiger partial charge in [0.1, 0.15) is 18.1 Å². The molecule has 0 bridgehead atoms. The summed E-state index contributed by atoms with van der Waals surface area (Å²) >= 11 is 0. The van der Waals surface area contributed by atoms with E-state index in [1.807, 2.05) is 30.3 Å². The van der Waals surface area contributed by atoms with Gasteiger partial charge in [0.05, 0.1) is 18.5 Å². The minimum atomic E-state index is -0.253. The molecule has 0 atom stereocenters. The van der Waals surface area contributed by atoms with Crippen LogP contribution in [0.15, 0.2) is 30.3 Å². The van der Waals surface area contributed by atoms with Crippen LogP contribution in [0.25, 0.3) is 5.69 Å². The van der Waals surface area contributed by atoms with Crippen molar-refractivity contribution >= 4 is 17.8 Å². The second kappa shape index (κ2) is 13.0. The molecule has 0 spiro atoms. The Hall–Kier alpha value is -3.03. The Bertz CT molecular complexity index is 916. The number of methoxy groups -OCH3 is 1. The fourth-order valence-corrected chi connectivity index (χ4v) is 3.40. The number of nitrogens with zero attached hydrogens (tertiary/aromatic N) is 3. The first-order valence-corrected chi connectivity index (χ1v) is 12.3. The van der Waals surface area contributed by atoms with Crippen molar-refractivity contribution in [2.45, 2.75) is 72.1 Å². The fourth-order valence-electron chi connectivity index (χ4n) is 3.40. The van der Waals surface area contributed by atoms with Crippen molar-refractivity contribution in [2.24, 2.45) is 0 Å². The second-order valence-corrected chi connectivity index (χ2v) is 9.54. The Morgan fingerprint density at radius 3 is 2.32 bits per heavy atom. The molecule has 8 heteroatoms. The third-order valence-electron chi connectivity index (χ3n) is 5.52. The van der Waals surface area contributed by atoms with Gasteiger partial charge in [0, 0.05) is 24.6 Å². The summed E-state index contributed by atoms with van der Waals surface area (Å²) in [6, 6.07) is 9.20. The smallest absolute Gasteiger partial charge is 0.317 e. The number of hydrogen-bond acceptors (Lipinski definition) is 4. The highest BCUT2D eigenvalue weighted by atomic mass is 16.5. The number of anilines is 1. The van der Waals surface area contributed by atoms with Gasteiger partial charge in [0.15, 0.2) is 0 Å². The molecule has 0 aliphatic carbocycles. The fraction of sp³-hybridized carbons (Fsp3) is 0.577. The number of urea groups is 1. The molecule has 8 nitrogen and oxygen atoms in total. The van der Waals surface area contributed by atoms with Crippen molar-refractivity contribution in [3.05, 3.63) is 36.0 Å². The maximum Gasteiger partial charge on any atom is 0.317 e. The summed E-state index contributed by atoms with van der Waals surface area (Å²) in [7, 11) is 1.62. The molecule has 0 aliphatic heterocycles. The van der Waals surface area contributed by atoms with E-state index >= 15 is 0 Å². The van der Waals surface area contributed by atoms with Crippen LogP contribution in [0.5, 0.6) is 5.75 Å². The van der Waals surface area contributed by atoms with Gasteiger partial charge in [-0.1, -0.05) is 53.9 Å². The quantitative estimate of drug-likeness (QED) is 0.421. The number of carbonyl (C=O) groups is 2. The average Bonchev–Trinajstić information content (AvgIpc) is 3.23. The van der Waals surface area contributed by atoms with Crippen molar-refractivity contribution in [3.63, 3.8) is 0 Å². The highest BCUT2D eigenvalue weighted by Crippen LogP contribution is 2.27. The van der Waals surface area contributed by atoms with Crippen molar-refractivity contribution in [2.75, 3.05) is 32.1 Å². The SMILES string of the molecule is CCCCCN(CC(=O)Nc1cc(C(C)(C)C)nn1-c1ccc(OC)cc1)C(=O)NCCCC. The molecule has 0 saturated carbocycles. The van der Waals surface area contributed by atoms with Crippen LogP contribution in [0, 0.1) is 0 Å². The monoisotopic (exact) mass is 471 g/mol. The molecule has 2 aromatic rings. The van der Waals surface area contributed by atoms with Crippen molar-refractivity contribution in [1.82, 2.24) is 20.0 Å². The Morgan fingerprint density at radius 1 is 1.06 bits per heavy atom. The number of carbonyl (C=O) groups excluding carboxylic acids is 2. The lowest BCUT2D eigenvalue weighted by Gasteiger charge is -2.22. The number of hydrogen-bond donors (Lipinski definition) is 2. The molecule has 1 aromatic carbocycles.